The smallest absolute Gasteiger partial charge is 0.242 e. The molecule has 0 bridgehead atoms. The molecule has 0 amide bonds. The van der Waals surface area contributed by atoms with Crippen molar-refractivity contribution >= 4 is 21.5 Å². The van der Waals surface area contributed by atoms with Gasteiger partial charge in [-0.25, -0.2) is 8.42 Å². The fraction of sp³-hybridized carbons (Fsp3) is 0.235. The minimum atomic E-state index is -3.53. The molecule has 0 radical (unpaired) electrons. The highest BCUT2D eigenvalue weighted by Gasteiger charge is 2.32. The Balaban J connectivity index is 2.07. The molecule has 2 aromatic carbocycles. The van der Waals surface area contributed by atoms with Crippen molar-refractivity contribution in [2.24, 2.45) is 0 Å². The van der Waals surface area contributed by atoms with Crippen molar-refractivity contribution in [2.75, 3.05) is 17.1 Å². The number of anilines is 1. The molecule has 1 heterocycles. The largest absolute Gasteiger partial charge is 0.293 e. The normalized spacial score (nSPS) is 16.5. The molecule has 5 heteroatoms. The molecule has 0 aromatic heterocycles. The number of aryl methyl sites for hydroxylation is 1. The molecule has 4 nitrogen and oxygen atoms in total. The van der Waals surface area contributed by atoms with E-state index >= 15 is 0 Å². The molecule has 0 aliphatic carbocycles. The zero-order chi connectivity index (χ0) is 15.9. The van der Waals surface area contributed by atoms with Crippen molar-refractivity contribution in [1.82, 2.24) is 0 Å². The van der Waals surface area contributed by atoms with Crippen LogP contribution in [0.5, 0.6) is 0 Å². The highest BCUT2D eigenvalue weighted by molar-refractivity contribution is 7.93. The Morgan fingerprint density at radius 3 is 2.32 bits per heavy atom. The van der Waals surface area contributed by atoms with Gasteiger partial charge in [0, 0.05) is 12.6 Å². The maximum absolute atomic E-state index is 12.1. The van der Waals surface area contributed by atoms with Crippen LogP contribution in [0.15, 0.2) is 42.5 Å². The molecule has 0 fully saturated rings. The van der Waals surface area contributed by atoms with Gasteiger partial charge in [0.1, 0.15) is 5.75 Å². The number of carbonyl (C=O) groups is 1. The summed E-state index contributed by atoms with van der Waals surface area (Å²) in [5.74, 6) is -0.811. The van der Waals surface area contributed by atoms with E-state index in [4.69, 9.17) is 0 Å². The van der Waals surface area contributed by atoms with Gasteiger partial charge in [-0.3, -0.25) is 9.10 Å². The lowest BCUT2D eigenvalue weighted by Gasteiger charge is -2.26. The first-order chi connectivity index (χ1) is 10.4. The summed E-state index contributed by atoms with van der Waals surface area (Å²) in [5.41, 5.74) is 4.11. The molecule has 0 atom stereocenters. The molecule has 0 unspecified atom stereocenters. The van der Waals surface area contributed by atoms with E-state index < -0.39 is 15.8 Å². The Morgan fingerprint density at radius 1 is 1.05 bits per heavy atom. The van der Waals surface area contributed by atoms with Crippen LogP contribution in [0.25, 0.3) is 11.1 Å². The Labute approximate surface area is 130 Å². The van der Waals surface area contributed by atoms with E-state index in [-0.39, 0.29) is 5.78 Å². The van der Waals surface area contributed by atoms with E-state index in [9.17, 15) is 13.2 Å². The Morgan fingerprint density at radius 2 is 1.68 bits per heavy atom. The molecule has 114 valence electrons. The van der Waals surface area contributed by atoms with Gasteiger partial charge in [-0.2, -0.15) is 0 Å². The topological polar surface area (TPSA) is 54.5 Å². The highest BCUT2D eigenvalue weighted by atomic mass is 32.2. The lowest BCUT2D eigenvalue weighted by atomic mass is 9.98. The molecule has 0 saturated heterocycles. The quantitative estimate of drug-likeness (QED) is 0.856. The third-order valence-corrected chi connectivity index (χ3v) is 5.72. The molecule has 0 saturated carbocycles. The molecule has 0 spiro atoms. The number of rotatable bonds is 2. The van der Waals surface area contributed by atoms with E-state index in [1.165, 1.54) is 16.9 Å². The lowest BCUT2D eigenvalue weighted by molar-refractivity contribution is 0.102. The Kier molecular flexibility index (Phi) is 3.53. The van der Waals surface area contributed by atoms with Crippen LogP contribution in [0.3, 0.4) is 0 Å². The lowest BCUT2D eigenvalue weighted by Crippen LogP contribution is -2.37. The van der Waals surface area contributed by atoms with E-state index in [0.717, 1.165) is 17.5 Å². The van der Waals surface area contributed by atoms with Crippen molar-refractivity contribution in [3.63, 3.8) is 0 Å². The summed E-state index contributed by atoms with van der Waals surface area (Å²) >= 11 is 0. The minimum absolute atomic E-state index is 0.347. The number of benzene rings is 2. The van der Waals surface area contributed by atoms with E-state index in [2.05, 4.69) is 19.1 Å². The fourth-order valence-electron chi connectivity index (χ4n) is 2.64. The summed E-state index contributed by atoms with van der Waals surface area (Å²) in [6, 6.07) is 13.5. The number of fused-ring (bicyclic) bond motifs is 1. The van der Waals surface area contributed by atoms with Crippen molar-refractivity contribution in [2.45, 2.75) is 13.3 Å². The monoisotopic (exact) mass is 315 g/mol. The highest BCUT2D eigenvalue weighted by Crippen LogP contribution is 2.32. The first-order valence-electron chi connectivity index (χ1n) is 7.15. The van der Waals surface area contributed by atoms with Crippen LogP contribution in [0.1, 0.15) is 22.8 Å². The zero-order valence-electron chi connectivity index (χ0n) is 12.5. The number of sulfonamides is 1. The van der Waals surface area contributed by atoms with Crippen molar-refractivity contribution in [3.05, 3.63) is 53.6 Å². The fourth-order valence-corrected chi connectivity index (χ4v) is 3.78. The maximum atomic E-state index is 12.1. The number of carbonyl (C=O) groups excluding carboxylic acids is 1. The third-order valence-electron chi connectivity index (χ3n) is 4.06. The van der Waals surface area contributed by atoms with Gasteiger partial charge in [0.15, 0.2) is 5.78 Å². The molecule has 1 aliphatic heterocycles. The van der Waals surface area contributed by atoms with Crippen LogP contribution in [0.4, 0.5) is 5.69 Å². The Bertz CT molecular complexity index is 839. The number of Topliss-reactive ketones (excluding diaryl/α,β-unsaturated/α-hetero) is 1. The van der Waals surface area contributed by atoms with Gasteiger partial charge in [-0.05, 0) is 35.2 Å². The summed E-state index contributed by atoms with van der Waals surface area (Å²) < 4.78 is 25.0. The second kappa shape index (κ2) is 5.25. The van der Waals surface area contributed by atoms with Gasteiger partial charge in [-0.1, -0.05) is 37.3 Å². The second-order valence-electron chi connectivity index (χ2n) is 5.43. The zero-order valence-corrected chi connectivity index (χ0v) is 13.4. The van der Waals surface area contributed by atoms with Crippen molar-refractivity contribution in [3.8, 4) is 11.1 Å². The van der Waals surface area contributed by atoms with Gasteiger partial charge in [0.25, 0.3) is 0 Å². The van der Waals surface area contributed by atoms with Crippen LogP contribution in [0, 0.1) is 0 Å². The van der Waals surface area contributed by atoms with E-state index in [1.54, 1.807) is 12.1 Å². The Hall–Kier alpha value is -2.14. The standard InChI is InChI=1S/C17H17NO3S/c1-3-12-4-6-13(7-5-12)14-8-9-16-15(10-14)17(19)11-22(20,21)18(16)2/h4-10H,3,11H2,1-2H3. The van der Waals surface area contributed by atoms with Gasteiger partial charge in [0.05, 0.1) is 5.69 Å². The van der Waals surface area contributed by atoms with Gasteiger partial charge in [-0.15, -0.1) is 0 Å². The third kappa shape index (κ3) is 2.41. The molecule has 3 rings (SSSR count). The van der Waals surface area contributed by atoms with Gasteiger partial charge < -0.3 is 0 Å². The summed E-state index contributed by atoms with van der Waals surface area (Å²) in [6.45, 7) is 2.10. The van der Waals surface area contributed by atoms with Crippen LogP contribution in [-0.2, 0) is 16.4 Å². The molecule has 22 heavy (non-hydrogen) atoms. The molecule has 0 N–H and O–H groups in total. The summed E-state index contributed by atoms with van der Waals surface area (Å²) in [7, 11) is -2.04. The molecular formula is C17H17NO3S. The van der Waals surface area contributed by atoms with Gasteiger partial charge >= 0.3 is 0 Å². The SMILES string of the molecule is CCc1ccc(-c2ccc3c(c2)C(=O)CS(=O)(=O)N3C)cc1. The average Bonchev–Trinajstić information content (AvgIpc) is 2.52. The number of hydrogen-bond donors (Lipinski definition) is 0. The second-order valence-corrected chi connectivity index (χ2v) is 7.43. The number of nitrogens with zero attached hydrogens (tertiary/aromatic N) is 1. The maximum Gasteiger partial charge on any atom is 0.242 e. The van der Waals surface area contributed by atoms with Crippen molar-refractivity contribution < 1.29 is 13.2 Å². The summed E-state index contributed by atoms with van der Waals surface area (Å²) in [6.07, 6.45) is 0.978. The van der Waals surface area contributed by atoms with Crippen molar-refractivity contribution in [1.29, 1.82) is 0 Å². The first-order valence-corrected chi connectivity index (χ1v) is 8.76. The number of hydrogen-bond acceptors (Lipinski definition) is 3. The summed E-state index contributed by atoms with van der Waals surface area (Å²) in [4.78, 5) is 12.1. The number of ketones is 1. The average molecular weight is 315 g/mol. The minimum Gasteiger partial charge on any atom is -0.293 e. The first kappa shape index (κ1) is 14.8. The summed E-state index contributed by atoms with van der Waals surface area (Å²) in [5, 5.41) is 0. The van der Waals surface area contributed by atoms with E-state index in [1.807, 2.05) is 18.2 Å². The van der Waals surface area contributed by atoms with Crippen LogP contribution >= 0.6 is 0 Å². The molecule has 1 aliphatic rings. The van der Waals surface area contributed by atoms with Crippen LogP contribution < -0.4 is 4.31 Å². The predicted molar refractivity (Wildman–Crippen MR) is 87.8 cm³/mol. The van der Waals surface area contributed by atoms with Crippen LogP contribution in [-0.4, -0.2) is 27.0 Å². The van der Waals surface area contributed by atoms with Crippen LogP contribution in [0.2, 0.25) is 0 Å². The molecule has 2 aromatic rings. The van der Waals surface area contributed by atoms with E-state index in [0.29, 0.717) is 11.3 Å². The van der Waals surface area contributed by atoms with Gasteiger partial charge in [0.2, 0.25) is 10.0 Å². The predicted octanol–water partition coefficient (Wildman–Crippen LogP) is 2.88. The molecular weight excluding hydrogens is 298 g/mol.